The van der Waals surface area contributed by atoms with Gasteiger partial charge >= 0.3 is 0 Å². The summed E-state index contributed by atoms with van der Waals surface area (Å²) < 4.78 is 0. The molecule has 102 valence electrons. The molecule has 0 saturated carbocycles. The maximum absolute atomic E-state index is 11.7. The summed E-state index contributed by atoms with van der Waals surface area (Å²) in [5, 5.41) is 2.97. The van der Waals surface area contributed by atoms with E-state index >= 15 is 0 Å². The molecule has 0 radical (unpaired) electrons. The molecule has 0 aromatic heterocycles. The second kappa shape index (κ2) is 6.97. The Morgan fingerprint density at radius 1 is 1.35 bits per heavy atom. The predicted molar refractivity (Wildman–Crippen MR) is 72.8 cm³/mol. The fraction of sp³-hybridized carbons (Fsp3) is 0.923. The van der Waals surface area contributed by atoms with Crippen molar-refractivity contribution in [3.8, 4) is 0 Å². The third-order valence-corrected chi connectivity index (χ3v) is 2.37. The average Bonchev–Trinajstić information content (AvgIpc) is 1.95. The van der Waals surface area contributed by atoms with Crippen molar-refractivity contribution < 1.29 is 4.79 Å². The van der Waals surface area contributed by atoms with E-state index in [2.05, 4.69) is 31.0 Å². The fourth-order valence-corrected chi connectivity index (χ4v) is 2.02. The number of nitrogens with two attached hydrogens (primary N) is 1. The van der Waals surface area contributed by atoms with Gasteiger partial charge in [-0.1, -0.05) is 20.8 Å². The van der Waals surface area contributed by atoms with Crippen LogP contribution in [-0.2, 0) is 4.79 Å². The van der Waals surface area contributed by atoms with Gasteiger partial charge in [-0.25, -0.2) is 0 Å². The van der Waals surface area contributed by atoms with Gasteiger partial charge in [0.15, 0.2) is 0 Å². The molecule has 3 N–H and O–H groups in total. The fourth-order valence-electron chi connectivity index (χ4n) is 2.02. The van der Waals surface area contributed by atoms with Crippen molar-refractivity contribution in [3.05, 3.63) is 0 Å². The molecule has 2 unspecified atom stereocenters. The molecule has 0 heterocycles. The van der Waals surface area contributed by atoms with E-state index in [9.17, 15) is 4.79 Å². The van der Waals surface area contributed by atoms with Crippen LogP contribution in [-0.4, -0.2) is 43.5 Å². The first-order valence-electron chi connectivity index (χ1n) is 6.30. The van der Waals surface area contributed by atoms with Crippen LogP contribution in [0.15, 0.2) is 0 Å². The van der Waals surface area contributed by atoms with Gasteiger partial charge in [0.2, 0.25) is 5.91 Å². The van der Waals surface area contributed by atoms with E-state index in [0.717, 1.165) is 13.0 Å². The Kier molecular flexibility index (Phi) is 6.72. The second-order valence-electron chi connectivity index (χ2n) is 6.46. The lowest BCUT2D eigenvalue weighted by Gasteiger charge is -2.24. The van der Waals surface area contributed by atoms with E-state index in [1.54, 1.807) is 0 Å². The molecule has 0 aliphatic heterocycles. The lowest BCUT2D eigenvalue weighted by Crippen LogP contribution is -2.42. The molecule has 17 heavy (non-hydrogen) atoms. The first kappa shape index (κ1) is 16.4. The van der Waals surface area contributed by atoms with Crippen LogP contribution >= 0.6 is 0 Å². The summed E-state index contributed by atoms with van der Waals surface area (Å²) in [5.41, 5.74) is 6.14. The molecule has 4 nitrogen and oxygen atoms in total. The summed E-state index contributed by atoms with van der Waals surface area (Å²) in [6.07, 6.45) is 1.28. The number of carbonyl (C=O) groups is 1. The van der Waals surface area contributed by atoms with E-state index in [4.69, 9.17) is 5.73 Å². The van der Waals surface area contributed by atoms with Gasteiger partial charge in [0.05, 0.1) is 0 Å². The molecule has 1 amide bonds. The molecule has 0 aromatic carbocycles. The number of nitrogens with one attached hydrogen (secondary N) is 1. The number of amides is 1. The Morgan fingerprint density at radius 2 is 1.88 bits per heavy atom. The standard InChI is InChI=1S/C13H29N3O/c1-10(9-16(5)6)15-12(17)7-11(14)8-13(2,3)4/h10-11H,7-9,14H2,1-6H3,(H,15,17). The lowest BCUT2D eigenvalue weighted by atomic mass is 9.87. The molecule has 0 saturated heterocycles. The second-order valence-corrected chi connectivity index (χ2v) is 6.46. The Hall–Kier alpha value is -0.610. The predicted octanol–water partition coefficient (Wildman–Crippen LogP) is 1.21. The van der Waals surface area contributed by atoms with Crippen LogP contribution in [0, 0.1) is 5.41 Å². The van der Waals surface area contributed by atoms with Crippen molar-refractivity contribution in [1.29, 1.82) is 0 Å². The Balaban J connectivity index is 3.93. The summed E-state index contributed by atoms with van der Waals surface area (Å²) >= 11 is 0. The van der Waals surface area contributed by atoms with Crippen LogP contribution in [0.4, 0.5) is 0 Å². The minimum absolute atomic E-state index is 0.0519. The summed E-state index contributed by atoms with van der Waals surface area (Å²) in [4.78, 5) is 13.8. The van der Waals surface area contributed by atoms with E-state index < -0.39 is 0 Å². The summed E-state index contributed by atoms with van der Waals surface area (Å²) in [7, 11) is 3.99. The highest BCUT2D eigenvalue weighted by Gasteiger charge is 2.18. The van der Waals surface area contributed by atoms with Crippen molar-refractivity contribution in [3.63, 3.8) is 0 Å². The molecule has 0 aliphatic rings. The van der Waals surface area contributed by atoms with Crippen LogP contribution in [0.5, 0.6) is 0 Å². The van der Waals surface area contributed by atoms with E-state index in [-0.39, 0.29) is 23.4 Å². The highest BCUT2D eigenvalue weighted by Crippen LogP contribution is 2.20. The van der Waals surface area contributed by atoms with Gasteiger partial charge in [-0.3, -0.25) is 4.79 Å². The van der Waals surface area contributed by atoms with Gasteiger partial charge in [-0.05, 0) is 32.9 Å². The summed E-state index contributed by atoms with van der Waals surface area (Å²) in [6.45, 7) is 9.27. The molecule has 4 heteroatoms. The number of rotatable bonds is 6. The first-order valence-corrected chi connectivity index (χ1v) is 6.30. The van der Waals surface area contributed by atoms with E-state index in [0.29, 0.717) is 6.42 Å². The van der Waals surface area contributed by atoms with Crippen LogP contribution in [0.3, 0.4) is 0 Å². The first-order chi connectivity index (χ1) is 7.60. The molecule has 0 rings (SSSR count). The van der Waals surface area contributed by atoms with Gasteiger partial charge in [0.25, 0.3) is 0 Å². The van der Waals surface area contributed by atoms with Gasteiger partial charge in [0, 0.05) is 25.0 Å². The third kappa shape index (κ3) is 10.3. The molecule has 0 fully saturated rings. The van der Waals surface area contributed by atoms with Crippen molar-refractivity contribution >= 4 is 5.91 Å². The highest BCUT2D eigenvalue weighted by atomic mass is 16.1. The number of hydrogen-bond acceptors (Lipinski definition) is 3. The Morgan fingerprint density at radius 3 is 2.29 bits per heavy atom. The largest absolute Gasteiger partial charge is 0.352 e. The number of nitrogens with zero attached hydrogens (tertiary/aromatic N) is 1. The monoisotopic (exact) mass is 243 g/mol. The zero-order valence-corrected chi connectivity index (χ0v) is 12.2. The van der Waals surface area contributed by atoms with Gasteiger partial charge in [0.1, 0.15) is 0 Å². The quantitative estimate of drug-likeness (QED) is 0.737. The van der Waals surface area contributed by atoms with Crippen LogP contribution < -0.4 is 11.1 Å². The van der Waals surface area contributed by atoms with E-state index in [1.165, 1.54) is 0 Å². The minimum Gasteiger partial charge on any atom is -0.352 e. The van der Waals surface area contributed by atoms with Gasteiger partial charge < -0.3 is 16.0 Å². The Labute approximate surface area is 106 Å². The molecule has 0 aromatic rings. The molecule has 2 atom stereocenters. The molecule has 0 aliphatic carbocycles. The normalized spacial score (nSPS) is 15.8. The van der Waals surface area contributed by atoms with Crippen molar-refractivity contribution in [2.24, 2.45) is 11.1 Å². The minimum atomic E-state index is -0.0541. The number of likely N-dealkylation sites (N-methyl/N-ethyl adjacent to an activating group) is 1. The maximum Gasteiger partial charge on any atom is 0.221 e. The van der Waals surface area contributed by atoms with Crippen molar-refractivity contribution in [2.75, 3.05) is 20.6 Å². The molecular weight excluding hydrogens is 214 g/mol. The molecule has 0 bridgehead atoms. The summed E-state index contributed by atoms with van der Waals surface area (Å²) in [6, 6.07) is 0.112. The van der Waals surface area contributed by atoms with E-state index in [1.807, 2.05) is 21.0 Å². The van der Waals surface area contributed by atoms with Crippen molar-refractivity contribution in [2.45, 2.75) is 52.6 Å². The van der Waals surface area contributed by atoms with Gasteiger partial charge in [-0.15, -0.1) is 0 Å². The topological polar surface area (TPSA) is 58.4 Å². The van der Waals surface area contributed by atoms with Crippen LogP contribution in [0.25, 0.3) is 0 Å². The smallest absolute Gasteiger partial charge is 0.221 e. The zero-order chi connectivity index (χ0) is 13.6. The van der Waals surface area contributed by atoms with Crippen LogP contribution in [0.1, 0.15) is 40.5 Å². The highest BCUT2D eigenvalue weighted by molar-refractivity contribution is 5.76. The SMILES string of the molecule is CC(CN(C)C)NC(=O)CC(N)CC(C)(C)C. The summed E-state index contributed by atoms with van der Waals surface area (Å²) in [5.74, 6) is 0.0519. The zero-order valence-electron chi connectivity index (χ0n) is 12.2. The third-order valence-electron chi connectivity index (χ3n) is 2.37. The lowest BCUT2D eigenvalue weighted by molar-refractivity contribution is -0.122. The average molecular weight is 243 g/mol. The molecular formula is C13H29N3O. The number of hydrogen-bond donors (Lipinski definition) is 2. The number of carbonyl (C=O) groups excluding carboxylic acids is 1. The Bertz CT molecular complexity index is 233. The molecule has 0 spiro atoms. The van der Waals surface area contributed by atoms with Crippen LogP contribution in [0.2, 0.25) is 0 Å². The van der Waals surface area contributed by atoms with Gasteiger partial charge in [-0.2, -0.15) is 0 Å². The maximum atomic E-state index is 11.7. The van der Waals surface area contributed by atoms with Crippen molar-refractivity contribution in [1.82, 2.24) is 10.2 Å².